The molecule has 1 amide bonds. The Hall–Kier alpha value is -3.61. The maximum Gasteiger partial charge on any atom is 0.296 e. The molecule has 0 saturated heterocycles. The van der Waals surface area contributed by atoms with Crippen LogP contribution in [0.4, 0.5) is 9.52 Å². The van der Waals surface area contributed by atoms with E-state index in [9.17, 15) is 19.1 Å². The summed E-state index contributed by atoms with van der Waals surface area (Å²) in [6.45, 7) is 6.14. The molecule has 212 valence electrons. The third-order valence-corrected chi connectivity index (χ3v) is 9.58. The zero-order valence-electron chi connectivity index (χ0n) is 22.6. The van der Waals surface area contributed by atoms with E-state index in [4.69, 9.17) is 4.74 Å². The lowest BCUT2D eigenvalue weighted by Crippen LogP contribution is -2.31. The van der Waals surface area contributed by atoms with Crippen LogP contribution in [0.25, 0.3) is 0 Å². The van der Waals surface area contributed by atoms with Crippen LogP contribution in [-0.2, 0) is 10.5 Å². The van der Waals surface area contributed by atoms with Crippen LogP contribution in [0.15, 0.2) is 64.2 Å². The second kappa shape index (κ2) is 12.5. The number of anilines is 1. The summed E-state index contributed by atoms with van der Waals surface area (Å²) in [5, 5.41) is 20.6. The molecular weight excluding hydrogens is 584 g/mol. The van der Waals surface area contributed by atoms with E-state index in [-0.39, 0.29) is 16.5 Å². The Kier molecular flexibility index (Phi) is 8.81. The molecule has 41 heavy (non-hydrogen) atoms. The maximum absolute atomic E-state index is 13.9. The van der Waals surface area contributed by atoms with Crippen LogP contribution in [-0.4, -0.2) is 38.6 Å². The molecule has 2 aromatic carbocycles. The molecule has 0 fully saturated rings. The van der Waals surface area contributed by atoms with Crippen molar-refractivity contribution in [1.82, 2.24) is 15.2 Å². The van der Waals surface area contributed by atoms with Gasteiger partial charge in [0, 0.05) is 5.75 Å². The SMILES string of the molecule is CCCCOc1cccc(C2C(C(=O)c3sc(C)nc3C)=C(O)C(=O)N2c2nnc(SCc3ccc(F)cc3)s2)c1. The Morgan fingerprint density at radius 3 is 2.63 bits per heavy atom. The second-order valence-corrected chi connectivity index (χ2v) is 12.7. The van der Waals surface area contributed by atoms with Gasteiger partial charge in [-0.2, -0.15) is 0 Å². The van der Waals surface area contributed by atoms with Gasteiger partial charge in [0.15, 0.2) is 10.1 Å². The van der Waals surface area contributed by atoms with Crippen molar-refractivity contribution in [2.75, 3.05) is 11.5 Å². The number of carbonyl (C=O) groups is 2. The molecule has 0 spiro atoms. The average molecular weight is 611 g/mol. The van der Waals surface area contributed by atoms with E-state index >= 15 is 0 Å². The Labute approximate surface area is 248 Å². The van der Waals surface area contributed by atoms with Crippen molar-refractivity contribution in [2.24, 2.45) is 0 Å². The number of thiazole rings is 1. The number of aryl methyl sites for hydroxylation is 2. The number of amides is 1. The Morgan fingerprint density at radius 2 is 1.93 bits per heavy atom. The number of Topliss-reactive ketones (excluding diaryl/α,β-unsaturated/α-hetero) is 1. The number of thioether (sulfide) groups is 1. The van der Waals surface area contributed by atoms with Gasteiger partial charge in [0.25, 0.3) is 5.91 Å². The first kappa shape index (κ1) is 28.9. The quantitative estimate of drug-likeness (QED) is 0.0837. The van der Waals surface area contributed by atoms with Crippen molar-refractivity contribution >= 4 is 51.3 Å². The predicted molar refractivity (Wildman–Crippen MR) is 159 cm³/mol. The van der Waals surface area contributed by atoms with Crippen molar-refractivity contribution in [3.05, 3.63) is 92.4 Å². The van der Waals surface area contributed by atoms with Crippen LogP contribution < -0.4 is 9.64 Å². The fourth-order valence-electron chi connectivity index (χ4n) is 4.41. The highest BCUT2D eigenvalue weighted by atomic mass is 32.2. The first-order valence-corrected chi connectivity index (χ1v) is 15.6. The molecular formula is C29H27FN4O4S3. The van der Waals surface area contributed by atoms with Gasteiger partial charge in [-0.1, -0.05) is 60.7 Å². The number of benzene rings is 2. The molecule has 2 aromatic heterocycles. The smallest absolute Gasteiger partial charge is 0.296 e. The first-order chi connectivity index (χ1) is 19.8. The van der Waals surface area contributed by atoms with Crippen molar-refractivity contribution in [3.63, 3.8) is 0 Å². The van der Waals surface area contributed by atoms with Gasteiger partial charge in [0.1, 0.15) is 11.6 Å². The topological polar surface area (TPSA) is 106 Å². The molecule has 1 unspecified atom stereocenters. The summed E-state index contributed by atoms with van der Waals surface area (Å²) < 4.78 is 19.8. The summed E-state index contributed by atoms with van der Waals surface area (Å²) in [4.78, 5) is 33.5. The summed E-state index contributed by atoms with van der Waals surface area (Å²) in [5.74, 6) is -1.00. The molecule has 0 radical (unpaired) electrons. The Morgan fingerprint density at radius 1 is 1.15 bits per heavy atom. The van der Waals surface area contributed by atoms with Crippen LogP contribution >= 0.6 is 34.4 Å². The van der Waals surface area contributed by atoms with Crippen molar-refractivity contribution < 1.29 is 23.8 Å². The van der Waals surface area contributed by atoms with Crippen LogP contribution in [0.5, 0.6) is 5.75 Å². The van der Waals surface area contributed by atoms with Gasteiger partial charge < -0.3 is 9.84 Å². The van der Waals surface area contributed by atoms with Gasteiger partial charge in [-0.15, -0.1) is 21.5 Å². The average Bonchev–Trinajstić information content (AvgIpc) is 3.64. The van der Waals surface area contributed by atoms with E-state index in [1.807, 2.05) is 6.07 Å². The normalized spacial score (nSPS) is 15.2. The van der Waals surface area contributed by atoms with E-state index in [0.29, 0.717) is 43.6 Å². The molecule has 0 bridgehead atoms. The molecule has 4 aromatic rings. The molecule has 3 heterocycles. The lowest BCUT2D eigenvalue weighted by molar-refractivity contribution is -0.117. The monoisotopic (exact) mass is 610 g/mol. The summed E-state index contributed by atoms with van der Waals surface area (Å²) in [6, 6.07) is 12.4. The zero-order chi connectivity index (χ0) is 29.1. The molecule has 8 nitrogen and oxygen atoms in total. The molecule has 1 atom stereocenters. The highest BCUT2D eigenvalue weighted by Gasteiger charge is 2.46. The maximum atomic E-state index is 13.9. The third-order valence-electron chi connectivity index (χ3n) is 6.38. The minimum Gasteiger partial charge on any atom is -0.503 e. The molecule has 1 aliphatic rings. The number of nitrogens with zero attached hydrogens (tertiary/aromatic N) is 4. The van der Waals surface area contributed by atoms with E-state index in [0.717, 1.165) is 18.4 Å². The largest absolute Gasteiger partial charge is 0.503 e. The molecule has 0 aliphatic carbocycles. The third kappa shape index (κ3) is 6.19. The minimum atomic E-state index is -0.950. The fourth-order valence-corrected chi connectivity index (χ4v) is 7.10. The van der Waals surface area contributed by atoms with Crippen molar-refractivity contribution in [3.8, 4) is 5.75 Å². The second-order valence-electron chi connectivity index (χ2n) is 9.36. The number of aliphatic hydroxyl groups is 1. The number of carbonyl (C=O) groups excluding carboxylic acids is 2. The Balaban J connectivity index is 1.50. The lowest BCUT2D eigenvalue weighted by atomic mass is 9.95. The van der Waals surface area contributed by atoms with Gasteiger partial charge in [0.05, 0.1) is 33.8 Å². The number of aliphatic hydroxyl groups excluding tert-OH is 1. The summed E-state index contributed by atoms with van der Waals surface area (Å²) in [7, 11) is 0. The van der Waals surface area contributed by atoms with Crippen LogP contribution in [0.3, 0.4) is 0 Å². The number of ketones is 1. The first-order valence-electron chi connectivity index (χ1n) is 13.0. The zero-order valence-corrected chi connectivity index (χ0v) is 25.0. The van der Waals surface area contributed by atoms with Crippen LogP contribution in [0.1, 0.15) is 57.3 Å². The summed E-state index contributed by atoms with van der Waals surface area (Å²) in [5.41, 5.74) is 2.00. The van der Waals surface area contributed by atoms with Gasteiger partial charge >= 0.3 is 0 Å². The molecule has 12 heteroatoms. The number of unbranched alkanes of at least 4 members (excludes halogenated alkanes) is 1. The molecule has 5 rings (SSSR count). The summed E-state index contributed by atoms with van der Waals surface area (Å²) >= 11 is 3.79. The number of aromatic nitrogens is 3. The van der Waals surface area contributed by atoms with E-state index in [1.54, 1.807) is 44.2 Å². The number of hydrogen-bond acceptors (Lipinski definition) is 10. The standard InChI is InChI=1S/C29H27FN4O4S3/c1-4-5-13-38-21-8-6-7-19(14-21)23-22(24(35)26-16(2)31-17(3)40-26)25(36)27(37)34(23)28-32-33-29(41-28)39-15-18-9-11-20(30)12-10-18/h6-12,14,23,36H,4-5,13,15H2,1-3H3. The van der Waals surface area contributed by atoms with Gasteiger partial charge in [-0.05, 0) is 55.7 Å². The fraction of sp³-hybridized carbons (Fsp3) is 0.276. The lowest BCUT2D eigenvalue weighted by Gasteiger charge is -2.24. The highest BCUT2D eigenvalue weighted by molar-refractivity contribution is 8.00. The molecule has 1 aliphatic heterocycles. The molecule has 1 N–H and O–H groups in total. The van der Waals surface area contributed by atoms with E-state index < -0.39 is 23.5 Å². The van der Waals surface area contributed by atoms with Crippen LogP contribution in [0.2, 0.25) is 0 Å². The number of halogens is 1. The number of rotatable bonds is 11. The Bertz CT molecular complexity index is 1620. The minimum absolute atomic E-state index is 0.0387. The van der Waals surface area contributed by atoms with Crippen molar-refractivity contribution in [1.29, 1.82) is 0 Å². The number of hydrogen-bond donors (Lipinski definition) is 1. The van der Waals surface area contributed by atoms with Gasteiger partial charge in [-0.3, -0.25) is 14.5 Å². The van der Waals surface area contributed by atoms with Crippen LogP contribution in [0, 0.1) is 19.7 Å². The molecule has 0 saturated carbocycles. The van der Waals surface area contributed by atoms with Gasteiger partial charge in [-0.25, -0.2) is 9.37 Å². The van der Waals surface area contributed by atoms with Crippen molar-refractivity contribution in [2.45, 2.75) is 49.7 Å². The van der Waals surface area contributed by atoms with E-state index in [1.165, 1.54) is 51.5 Å². The predicted octanol–water partition coefficient (Wildman–Crippen LogP) is 7.00. The highest BCUT2D eigenvalue weighted by Crippen LogP contribution is 2.45. The van der Waals surface area contributed by atoms with E-state index in [2.05, 4.69) is 22.1 Å². The van der Waals surface area contributed by atoms with Gasteiger partial charge in [0.2, 0.25) is 10.9 Å². The number of ether oxygens (including phenoxy) is 1. The summed E-state index contributed by atoms with van der Waals surface area (Å²) in [6.07, 6.45) is 1.86.